The van der Waals surface area contributed by atoms with Gasteiger partial charge in [0, 0.05) is 24.9 Å². The molecule has 1 aliphatic rings. The van der Waals surface area contributed by atoms with Crippen LogP contribution in [0.3, 0.4) is 0 Å². The highest BCUT2D eigenvalue weighted by molar-refractivity contribution is 5.70. The molecule has 0 unspecified atom stereocenters. The molecule has 1 aliphatic heterocycles. The highest BCUT2D eigenvalue weighted by atomic mass is 16.6. The molecule has 0 aliphatic carbocycles. The molecular weight excluding hydrogens is 194 g/mol. The molecule has 1 aromatic heterocycles. The molecule has 2 rings (SSSR count). The summed E-state index contributed by atoms with van der Waals surface area (Å²) in [5.41, 5.74) is 1.04. The Morgan fingerprint density at radius 3 is 3.27 bits per heavy atom. The van der Waals surface area contributed by atoms with E-state index in [9.17, 15) is 4.79 Å². The third kappa shape index (κ3) is 2.11. The van der Waals surface area contributed by atoms with E-state index in [0.717, 1.165) is 25.1 Å². The second kappa shape index (κ2) is 4.33. The molecule has 0 spiro atoms. The van der Waals surface area contributed by atoms with Gasteiger partial charge in [0.05, 0.1) is 12.4 Å². The minimum Gasteiger partial charge on any atom is -0.447 e. The lowest BCUT2D eigenvalue weighted by atomic mass is 10.1. The van der Waals surface area contributed by atoms with Gasteiger partial charge in [-0.3, -0.25) is 0 Å². The number of hydrogen-bond donors (Lipinski definition) is 1. The first-order valence-corrected chi connectivity index (χ1v) is 5.22. The van der Waals surface area contributed by atoms with Gasteiger partial charge in [-0.05, 0) is 6.42 Å². The maximum atomic E-state index is 11.4. The number of nitrogens with zero attached hydrogens (tertiary/aromatic N) is 2. The first-order chi connectivity index (χ1) is 7.31. The van der Waals surface area contributed by atoms with Gasteiger partial charge in [0.1, 0.15) is 6.61 Å². The summed E-state index contributed by atoms with van der Waals surface area (Å²) in [5.74, 6) is 0. The first kappa shape index (κ1) is 10.0. The number of aromatic nitrogens is 2. The fourth-order valence-electron chi connectivity index (χ4n) is 1.82. The lowest BCUT2D eigenvalue weighted by Crippen LogP contribution is -2.35. The Balaban J connectivity index is 1.99. The van der Waals surface area contributed by atoms with Gasteiger partial charge >= 0.3 is 6.09 Å². The van der Waals surface area contributed by atoms with Crippen molar-refractivity contribution in [2.45, 2.75) is 25.8 Å². The fraction of sp³-hybridized carbons (Fsp3) is 0.600. The summed E-state index contributed by atoms with van der Waals surface area (Å²) in [5, 5.41) is 0. The number of hydrogen-bond acceptors (Lipinski definition) is 3. The Kier molecular flexibility index (Phi) is 2.89. The van der Waals surface area contributed by atoms with E-state index < -0.39 is 0 Å². The van der Waals surface area contributed by atoms with E-state index in [4.69, 9.17) is 4.74 Å². The predicted molar refractivity (Wildman–Crippen MR) is 54.4 cm³/mol. The number of imidazole rings is 1. The van der Waals surface area contributed by atoms with Crippen molar-refractivity contribution in [2.75, 3.05) is 13.2 Å². The standard InChI is InChI=1S/C10H15N3O2/c1-2-3-13-9(6-15-10(13)14)4-8-5-11-7-12-8/h5,7,9H,2-4,6H2,1H3,(H,11,12)/t9-/m0/s1. The molecule has 1 fully saturated rings. The van der Waals surface area contributed by atoms with Crippen LogP contribution >= 0.6 is 0 Å². The molecule has 5 nitrogen and oxygen atoms in total. The molecular formula is C10H15N3O2. The van der Waals surface area contributed by atoms with E-state index in [1.54, 1.807) is 17.4 Å². The SMILES string of the molecule is CCCN1C(=O)OC[C@@H]1Cc1cnc[nH]1. The summed E-state index contributed by atoms with van der Waals surface area (Å²) in [4.78, 5) is 20.2. The third-order valence-corrected chi connectivity index (χ3v) is 2.55. The molecule has 0 radical (unpaired) electrons. The molecule has 2 heterocycles. The van der Waals surface area contributed by atoms with Crippen molar-refractivity contribution in [1.82, 2.24) is 14.9 Å². The minimum atomic E-state index is -0.193. The number of carbonyl (C=O) groups excluding carboxylic acids is 1. The van der Waals surface area contributed by atoms with Crippen LogP contribution in [-0.4, -0.2) is 40.2 Å². The van der Waals surface area contributed by atoms with E-state index >= 15 is 0 Å². The lowest BCUT2D eigenvalue weighted by molar-refractivity contribution is 0.157. The number of H-pyrrole nitrogens is 1. The van der Waals surface area contributed by atoms with Gasteiger partial charge in [0.15, 0.2) is 0 Å². The van der Waals surface area contributed by atoms with E-state index in [0.29, 0.717) is 6.61 Å². The van der Waals surface area contributed by atoms with Gasteiger partial charge in [-0.1, -0.05) is 6.92 Å². The second-order valence-corrected chi connectivity index (χ2v) is 3.71. The molecule has 1 atom stereocenters. The minimum absolute atomic E-state index is 0.151. The molecule has 1 N–H and O–H groups in total. The van der Waals surface area contributed by atoms with Crippen LogP contribution in [0.5, 0.6) is 0 Å². The smallest absolute Gasteiger partial charge is 0.410 e. The van der Waals surface area contributed by atoms with Crippen LogP contribution in [0.2, 0.25) is 0 Å². The monoisotopic (exact) mass is 209 g/mol. The molecule has 1 amide bonds. The Morgan fingerprint density at radius 2 is 2.60 bits per heavy atom. The predicted octanol–water partition coefficient (Wildman–Crippen LogP) is 1.18. The maximum Gasteiger partial charge on any atom is 0.410 e. The summed E-state index contributed by atoms with van der Waals surface area (Å²) in [7, 11) is 0. The highest BCUT2D eigenvalue weighted by Crippen LogP contribution is 2.16. The Morgan fingerprint density at radius 1 is 1.73 bits per heavy atom. The second-order valence-electron chi connectivity index (χ2n) is 3.71. The number of amides is 1. The summed E-state index contributed by atoms with van der Waals surface area (Å²) < 4.78 is 5.03. The number of nitrogens with one attached hydrogen (secondary N) is 1. The van der Waals surface area contributed by atoms with Crippen LogP contribution < -0.4 is 0 Å². The Hall–Kier alpha value is -1.52. The summed E-state index contributed by atoms with van der Waals surface area (Å²) in [6, 6.07) is 0.151. The van der Waals surface area contributed by atoms with Gasteiger partial charge in [-0.2, -0.15) is 0 Å². The molecule has 1 aromatic rings. The largest absolute Gasteiger partial charge is 0.447 e. The Labute approximate surface area is 88.4 Å². The van der Waals surface area contributed by atoms with Crippen molar-refractivity contribution in [1.29, 1.82) is 0 Å². The van der Waals surface area contributed by atoms with Gasteiger partial charge in [-0.25, -0.2) is 9.78 Å². The van der Waals surface area contributed by atoms with Crippen molar-refractivity contribution < 1.29 is 9.53 Å². The quantitative estimate of drug-likeness (QED) is 0.810. The van der Waals surface area contributed by atoms with Crippen molar-refractivity contribution in [3.05, 3.63) is 18.2 Å². The molecule has 15 heavy (non-hydrogen) atoms. The summed E-state index contributed by atoms with van der Waals surface area (Å²) in [6.07, 6.45) is 4.98. The van der Waals surface area contributed by atoms with Crippen LogP contribution in [0, 0.1) is 0 Å². The van der Waals surface area contributed by atoms with E-state index in [1.165, 1.54) is 0 Å². The van der Waals surface area contributed by atoms with Crippen molar-refractivity contribution in [3.8, 4) is 0 Å². The topological polar surface area (TPSA) is 58.2 Å². The number of ether oxygens (including phenoxy) is 1. The zero-order chi connectivity index (χ0) is 10.7. The molecule has 0 saturated carbocycles. The zero-order valence-corrected chi connectivity index (χ0v) is 8.77. The number of cyclic esters (lactones) is 1. The average Bonchev–Trinajstić information content (AvgIpc) is 2.83. The fourth-order valence-corrected chi connectivity index (χ4v) is 1.82. The van der Waals surface area contributed by atoms with Gasteiger partial charge < -0.3 is 14.6 Å². The molecule has 82 valence electrons. The van der Waals surface area contributed by atoms with Crippen LogP contribution in [-0.2, 0) is 11.2 Å². The highest BCUT2D eigenvalue weighted by Gasteiger charge is 2.32. The van der Waals surface area contributed by atoms with E-state index in [-0.39, 0.29) is 12.1 Å². The zero-order valence-electron chi connectivity index (χ0n) is 8.77. The first-order valence-electron chi connectivity index (χ1n) is 5.22. The van der Waals surface area contributed by atoms with Crippen molar-refractivity contribution in [3.63, 3.8) is 0 Å². The molecule has 1 saturated heterocycles. The van der Waals surface area contributed by atoms with Crippen LogP contribution in [0.25, 0.3) is 0 Å². The van der Waals surface area contributed by atoms with Crippen LogP contribution in [0.1, 0.15) is 19.0 Å². The Bertz CT molecular complexity index is 323. The van der Waals surface area contributed by atoms with Gasteiger partial charge in [0.25, 0.3) is 0 Å². The van der Waals surface area contributed by atoms with Gasteiger partial charge in [-0.15, -0.1) is 0 Å². The van der Waals surface area contributed by atoms with Crippen LogP contribution in [0.4, 0.5) is 4.79 Å². The van der Waals surface area contributed by atoms with E-state index in [1.807, 2.05) is 0 Å². The van der Waals surface area contributed by atoms with Crippen molar-refractivity contribution >= 4 is 6.09 Å². The van der Waals surface area contributed by atoms with Gasteiger partial charge in [0.2, 0.25) is 0 Å². The molecule has 5 heteroatoms. The summed E-state index contributed by atoms with van der Waals surface area (Å²) in [6.45, 7) is 3.30. The number of aromatic amines is 1. The maximum absolute atomic E-state index is 11.4. The normalized spacial score (nSPS) is 20.7. The average molecular weight is 209 g/mol. The van der Waals surface area contributed by atoms with Crippen LogP contribution in [0.15, 0.2) is 12.5 Å². The number of rotatable bonds is 4. The van der Waals surface area contributed by atoms with E-state index in [2.05, 4.69) is 16.9 Å². The molecule has 0 bridgehead atoms. The van der Waals surface area contributed by atoms with Crippen molar-refractivity contribution in [2.24, 2.45) is 0 Å². The lowest BCUT2D eigenvalue weighted by Gasteiger charge is -2.19. The molecule has 0 aromatic carbocycles. The number of carbonyl (C=O) groups is 1. The third-order valence-electron chi connectivity index (χ3n) is 2.55. The summed E-state index contributed by atoms with van der Waals surface area (Å²) >= 11 is 0.